The molecule has 104 valence electrons. The van der Waals surface area contributed by atoms with Gasteiger partial charge in [0.15, 0.2) is 5.79 Å². The van der Waals surface area contributed by atoms with Gasteiger partial charge in [0.25, 0.3) is 0 Å². The molecule has 1 aromatic rings. The third kappa shape index (κ3) is 3.04. The minimum atomic E-state index is -0.294. The van der Waals surface area contributed by atoms with Gasteiger partial charge in [-0.3, -0.25) is 0 Å². The van der Waals surface area contributed by atoms with E-state index in [4.69, 9.17) is 9.47 Å². The number of aromatic nitrogens is 2. The summed E-state index contributed by atoms with van der Waals surface area (Å²) in [7, 11) is 0. The Kier molecular flexibility index (Phi) is 3.66. The number of aryl methyl sites for hydroxylation is 1. The van der Waals surface area contributed by atoms with Gasteiger partial charge in [0.2, 0.25) is 5.95 Å². The van der Waals surface area contributed by atoms with Crippen LogP contribution in [0.2, 0.25) is 0 Å². The first-order valence-corrected chi connectivity index (χ1v) is 7.11. The molecular formula is C14H21N3O2. The monoisotopic (exact) mass is 263 g/mol. The number of rotatable bonds is 3. The second kappa shape index (κ2) is 5.43. The summed E-state index contributed by atoms with van der Waals surface area (Å²) in [6.07, 6.45) is 7.65. The minimum Gasteiger partial charge on any atom is -0.352 e. The number of nitrogens with zero attached hydrogens (tertiary/aromatic N) is 2. The van der Waals surface area contributed by atoms with Crippen molar-refractivity contribution >= 4 is 5.95 Å². The van der Waals surface area contributed by atoms with Crippen LogP contribution in [0.3, 0.4) is 0 Å². The smallest absolute Gasteiger partial charge is 0.222 e. The molecule has 0 radical (unpaired) electrons. The average molecular weight is 263 g/mol. The highest BCUT2D eigenvalue weighted by Gasteiger charge is 2.41. The van der Waals surface area contributed by atoms with E-state index in [-0.39, 0.29) is 11.9 Å². The van der Waals surface area contributed by atoms with Crippen LogP contribution in [0.1, 0.15) is 37.8 Å². The number of anilines is 1. The van der Waals surface area contributed by atoms with E-state index in [9.17, 15) is 0 Å². The molecule has 1 atom stereocenters. The van der Waals surface area contributed by atoms with E-state index < -0.39 is 0 Å². The van der Waals surface area contributed by atoms with Crippen LogP contribution >= 0.6 is 0 Å². The third-order valence-corrected chi connectivity index (χ3v) is 3.81. The maximum Gasteiger partial charge on any atom is 0.222 e. The topological polar surface area (TPSA) is 56.3 Å². The van der Waals surface area contributed by atoms with Gasteiger partial charge in [-0.25, -0.2) is 9.97 Å². The van der Waals surface area contributed by atoms with Crippen LogP contribution in [0.4, 0.5) is 5.95 Å². The molecule has 1 aliphatic heterocycles. The van der Waals surface area contributed by atoms with Gasteiger partial charge in [0.1, 0.15) is 6.10 Å². The second-order valence-corrected chi connectivity index (χ2v) is 5.42. The molecule has 1 N–H and O–H groups in total. The first-order valence-electron chi connectivity index (χ1n) is 7.11. The van der Waals surface area contributed by atoms with Crippen molar-refractivity contribution in [3.63, 3.8) is 0 Å². The van der Waals surface area contributed by atoms with E-state index >= 15 is 0 Å². The Hall–Kier alpha value is -1.20. The van der Waals surface area contributed by atoms with Crippen LogP contribution in [0, 0.1) is 6.92 Å². The van der Waals surface area contributed by atoms with Crippen LogP contribution in [0.25, 0.3) is 0 Å². The number of nitrogens with one attached hydrogen (secondary N) is 1. The van der Waals surface area contributed by atoms with Crippen LogP contribution in [-0.2, 0) is 9.47 Å². The molecule has 2 heterocycles. The van der Waals surface area contributed by atoms with Crippen molar-refractivity contribution in [1.82, 2.24) is 9.97 Å². The molecule has 1 spiro atoms. The van der Waals surface area contributed by atoms with Crippen molar-refractivity contribution in [1.29, 1.82) is 0 Å². The van der Waals surface area contributed by atoms with Gasteiger partial charge in [-0.1, -0.05) is 6.42 Å². The highest BCUT2D eigenvalue weighted by atomic mass is 16.7. The van der Waals surface area contributed by atoms with Crippen molar-refractivity contribution in [2.75, 3.05) is 18.5 Å². The summed E-state index contributed by atoms with van der Waals surface area (Å²) in [5.74, 6) is 0.367. The highest BCUT2D eigenvalue weighted by molar-refractivity contribution is 5.24. The first kappa shape index (κ1) is 12.8. The van der Waals surface area contributed by atoms with Gasteiger partial charge in [-0.15, -0.1) is 0 Å². The molecule has 5 nitrogen and oxygen atoms in total. The number of hydrogen-bond donors (Lipinski definition) is 1. The summed E-state index contributed by atoms with van der Waals surface area (Å²) >= 11 is 0. The van der Waals surface area contributed by atoms with Crippen LogP contribution in [-0.4, -0.2) is 35.0 Å². The zero-order valence-corrected chi connectivity index (χ0v) is 11.4. The minimum absolute atomic E-state index is 0.0993. The molecule has 19 heavy (non-hydrogen) atoms. The van der Waals surface area contributed by atoms with Gasteiger partial charge in [-0.2, -0.15) is 0 Å². The molecular weight excluding hydrogens is 242 g/mol. The van der Waals surface area contributed by atoms with Crippen molar-refractivity contribution in [2.45, 2.75) is 50.9 Å². The van der Waals surface area contributed by atoms with E-state index in [2.05, 4.69) is 15.3 Å². The quantitative estimate of drug-likeness (QED) is 0.906. The van der Waals surface area contributed by atoms with E-state index in [0.29, 0.717) is 19.1 Å². The van der Waals surface area contributed by atoms with E-state index in [1.165, 1.54) is 19.3 Å². The second-order valence-electron chi connectivity index (χ2n) is 5.42. The molecule has 5 heteroatoms. The zero-order chi connectivity index (χ0) is 13.1. The molecule has 0 amide bonds. The zero-order valence-electron chi connectivity index (χ0n) is 11.4. The Morgan fingerprint density at radius 3 is 3.00 bits per heavy atom. The molecule has 2 fully saturated rings. The summed E-state index contributed by atoms with van der Waals surface area (Å²) in [4.78, 5) is 8.51. The van der Waals surface area contributed by atoms with Gasteiger partial charge in [-0.05, 0) is 25.8 Å². The van der Waals surface area contributed by atoms with Gasteiger partial charge < -0.3 is 14.8 Å². The predicted octanol–water partition coefficient (Wildman–Crippen LogP) is 2.27. The third-order valence-electron chi connectivity index (χ3n) is 3.81. The largest absolute Gasteiger partial charge is 0.352 e. The Morgan fingerprint density at radius 1 is 1.37 bits per heavy atom. The molecule has 1 saturated heterocycles. The first-order chi connectivity index (χ1) is 9.26. The lowest BCUT2D eigenvalue weighted by atomic mass is 9.94. The van der Waals surface area contributed by atoms with Crippen LogP contribution < -0.4 is 5.32 Å². The summed E-state index contributed by atoms with van der Waals surface area (Å²) in [6.45, 7) is 3.32. The lowest BCUT2D eigenvalue weighted by Gasteiger charge is -2.31. The van der Waals surface area contributed by atoms with Crippen molar-refractivity contribution in [3.8, 4) is 0 Å². The van der Waals surface area contributed by atoms with Crippen molar-refractivity contribution in [3.05, 3.63) is 18.0 Å². The fourth-order valence-corrected chi connectivity index (χ4v) is 2.81. The van der Waals surface area contributed by atoms with Crippen molar-refractivity contribution in [2.24, 2.45) is 0 Å². The maximum absolute atomic E-state index is 6.10. The lowest BCUT2D eigenvalue weighted by Crippen LogP contribution is -2.34. The fraction of sp³-hybridized carbons (Fsp3) is 0.714. The van der Waals surface area contributed by atoms with E-state index in [0.717, 1.165) is 18.5 Å². The molecule has 3 rings (SSSR count). The predicted molar refractivity (Wildman–Crippen MR) is 71.9 cm³/mol. The molecule has 1 saturated carbocycles. The molecule has 2 aliphatic rings. The van der Waals surface area contributed by atoms with E-state index in [1.54, 1.807) is 6.20 Å². The molecule has 1 unspecified atom stereocenters. The summed E-state index contributed by atoms with van der Waals surface area (Å²) in [5.41, 5.74) is 0.963. The number of hydrogen-bond acceptors (Lipinski definition) is 5. The van der Waals surface area contributed by atoms with E-state index in [1.807, 2.05) is 13.0 Å². The SMILES string of the molecule is Cc1ccnc(NCC2COC3(CCCCC3)O2)n1. The standard InChI is InChI=1S/C14H21N3O2/c1-11-5-8-15-13(17-11)16-9-12-10-18-14(19-12)6-3-2-4-7-14/h5,8,12H,2-4,6-7,9-10H2,1H3,(H,15,16,17). The van der Waals surface area contributed by atoms with Crippen LogP contribution in [0.15, 0.2) is 12.3 Å². The molecule has 0 aromatic carbocycles. The van der Waals surface area contributed by atoms with Gasteiger partial charge in [0.05, 0.1) is 6.61 Å². The Labute approximate surface area is 113 Å². The van der Waals surface area contributed by atoms with Crippen molar-refractivity contribution < 1.29 is 9.47 Å². The lowest BCUT2D eigenvalue weighted by molar-refractivity contribution is -0.185. The summed E-state index contributed by atoms with van der Waals surface area (Å²) in [5, 5.41) is 3.22. The molecule has 1 aromatic heterocycles. The van der Waals surface area contributed by atoms with Gasteiger partial charge in [0, 0.05) is 31.3 Å². The normalized spacial score (nSPS) is 25.6. The Morgan fingerprint density at radius 2 is 2.21 bits per heavy atom. The van der Waals surface area contributed by atoms with Crippen LogP contribution in [0.5, 0.6) is 0 Å². The summed E-state index contributed by atoms with van der Waals surface area (Å²) < 4.78 is 12.0. The average Bonchev–Trinajstić information content (AvgIpc) is 2.80. The fourth-order valence-electron chi connectivity index (χ4n) is 2.81. The Bertz CT molecular complexity index is 432. The molecule has 0 bridgehead atoms. The highest BCUT2D eigenvalue weighted by Crippen LogP contribution is 2.37. The number of ether oxygens (including phenoxy) is 2. The molecule has 1 aliphatic carbocycles. The Balaban J connectivity index is 1.52. The van der Waals surface area contributed by atoms with Gasteiger partial charge >= 0.3 is 0 Å². The maximum atomic E-state index is 6.10. The summed E-state index contributed by atoms with van der Waals surface area (Å²) in [6, 6.07) is 1.89.